The molecule has 0 saturated carbocycles. The van der Waals surface area contributed by atoms with E-state index in [0.29, 0.717) is 26.2 Å². The molecule has 1 aromatic carbocycles. The van der Waals surface area contributed by atoms with Crippen LogP contribution in [0.4, 0.5) is 16.0 Å². The highest BCUT2D eigenvalue weighted by Crippen LogP contribution is 2.23. The number of anilines is 2. The number of hydrogen-bond donors (Lipinski definition) is 0. The van der Waals surface area contributed by atoms with Crippen molar-refractivity contribution in [1.29, 1.82) is 0 Å². The van der Waals surface area contributed by atoms with Crippen LogP contribution in [0.25, 0.3) is 0 Å². The molecule has 142 valence electrons. The van der Waals surface area contributed by atoms with E-state index in [-0.39, 0.29) is 16.5 Å². The zero-order valence-electron chi connectivity index (χ0n) is 14.9. The van der Waals surface area contributed by atoms with E-state index in [1.807, 2.05) is 6.07 Å². The predicted octanol–water partition coefficient (Wildman–Crippen LogP) is 2.83. The van der Waals surface area contributed by atoms with Crippen LogP contribution in [-0.4, -0.2) is 60.0 Å². The van der Waals surface area contributed by atoms with Gasteiger partial charge in [-0.2, -0.15) is 0 Å². The summed E-state index contributed by atoms with van der Waals surface area (Å²) in [6, 6.07) is 6.17. The molecule has 2 saturated heterocycles. The molecule has 2 fully saturated rings. The third kappa shape index (κ3) is 3.83. The molecular formula is C19H21ClFN5O. The quantitative estimate of drug-likeness (QED) is 0.808. The van der Waals surface area contributed by atoms with Gasteiger partial charge in [-0.3, -0.25) is 4.79 Å². The average Bonchev–Trinajstić information content (AvgIpc) is 3.23. The van der Waals surface area contributed by atoms with Crippen molar-refractivity contribution in [3.63, 3.8) is 0 Å². The number of halogens is 2. The Labute approximate surface area is 162 Å². The molecule has 6 nitrogen and oxygen atoms in total. The summed E-state index contributed by atoms with van der Waals surface area (Å²) in [5.41, 5.74) is 0.0613. The number of piperazine rings is 1. The smallest absolute Gasteiger partial charge is 0.256 e. The van der Waals surface area contributed by atoms with Crippen molar-refractivity contribution in [3.05, 3.63) is 47.0 Å². The number of carbonyl (C=O) groups excluding carboxylic acids is 1. The Morgan fingerprint density at radius 3 is 2.19 bits per heavy atom. The van der Waals surface area contributed by atoms with Gasteiger partial charge >= 0.3 is 0 Å². The minimum absolute atomic E-state index is 0.0613. The Morgan fingerprint density at radius 1 is 0.926 bits per heavy atom. The van der Waals surface area contributed by atoms with E-state index < -0.39 is 5.82 Å². The minimum atomic E-state index is -0.582. The van der Waals surface area contributed by atoms with Crippen LogP contribution in [0.2, 0.25) is 5.02 Å². The van der Waals surface area contributed by atoms with Crippen LogP contribution in [-0.2, 0) is 0 Å². The van der Waals surface area contributed by atoms with Gasteiger partial charge in [-0.15, -0.1) is 0 Å². The molecule has 4 rings (SSSR count). The maximum Gasteiger partial charge on any atom is 0.256 e. The van der Waals surface area contributed by atoms with Gasteiger partial charge in [0.15, 0.2) is 0 Å². The maximum atomic E-state index is 14.0. The Morgan fingerprint density at radius 2 is 1.56 bits per heavy atom. The van der Waals surface area contributed by atoms with E-state index >= 15 is 0 Å². The van der Waals surface area contributed by atoms with Crippen LogP contribution < -0.4 is 9.80 Å². The second kappa shape index (κ2) is 7.68. The number of benzene rings is 1. The molecule has 1 amide bonds. The van der Waals surface area contributed by atoms with Gasteiger partial charge in [0.1, 0.15) is 23.8 Å². The van der Waals surface area contributed by atoms with Crippen LogP contribution in [0.3, 0.4) is 0 Å². The van der Waals surface area contributed by atoms with Crippen LogP contribution in [0.1, 0.15) is 23.2 Å². The van der Waals surface area contributed by atoms with Crippen molar-refractivity contribution < 1.29 is 9.18 Å². The maximum absolute atomic E-state index is 14.0. The monoisotopic (exact) mass is 389 g/mol. The summed E-state index contributed by atoms with van der Waals surface area (Å²) in [7, 11) is 0. The van der Waals surface area contributed by atoms with E-state index in [0.717, 1.165) is 24.7 Å². The van der Waals surface area contributed by atoms with E-state index in [2.05, 4.69) is 19.8 Å². The second-order valence-corrected chi connectivity index (χ2v) is 7.27. The Hall–Kier alpha value is -2.41. The van der Waals surface area contributed by atoms with Crippen LogP contribution in [0.5, 0.6) is 0 Å². The first-order chi connectivity index (χ1) is 13.1. The van der Waals surface area contributed by atoms with E-state index in [1.165, 1.54) is 31.0 Å². The van der Waals surface area contributed by atoms with Crippen molar-refractivity contribution in [2.24, 2.45) is 0 Å². The fourth-order valence-corrected chi connectivity index (χ4v) is 3.76. The van der Waals surface area contributed by atoms with E-state index in [1.54, 1.807) is 11.2 Å². The van der Waals surface area contributed by atoms with Crippen molar-refractivity contribution >= 4 is 29.1 Å². The van der Waals surface area contributed by atoms with Crippen molar-refractivity contribution in [2.45, 2.75) is 12.8 Å². The molecule has 2 aliphatic heterocycles. The summed E-state index contributed by atoms with van der Waals surface area (Å²) < 4.78 is 14.0. The second-order valence-electron chi connectivity index (χ2n) is 6.83. The highest BCUT2D eigenvalue weighted by atomic mass is 35.5. The lowest BCUT2D eigenvalue weighted by Crippen LogP contribution is -2.49. The third-order valence-electron chi connectivity index (χ3n) is 5.12. The molecule has 2 aliphatic rings. The van der Waals surface area contributed by atoms with Crippen LogP contribution in [0, 0.1) is 5.82 Å². The number of rotatable bonds is 3. The van der Waals surface area contributed by atoms with Gasteiger partial charge < -0.3 is 14.7 Å². The fraction of sp³-hybridized carbons (Fsp3) is 0.421. The zero-order chi connectivity index (χ0) is 18.8. The van der Waals surface area contributed by atoms with Gasteiger partial charge in [0.2, 0.25) is 0 Å². The Bertz CT molecular complexity index is 835. The normalized spacial score (nSPS) is 17.5. The van der Waals surface area contributed by atoms with E-state index in [9.17, 15) is 9.18 Å². The minimum Gasteiger partial charge on any atom is -0.356 e. The topological polar surface area (TPSA) is 52.6 Å². The molecule has 8 heteroatoms. The van der Waals surface area contributed by atoms with Crippen molar-refractivity contribution in [3.8, 4) is 0 Å². The first-order valence-electron chi connectivity index (χ1n) is 9.18. The van der Waals surface area contributed by atoms with Gasteiger partial charge in [0, 0.05) is 50.4 Å². The van der Waals surface area contributed by atoms with Gasteiger partial charge in [0.25, 0.3) is 5.91 Å². The van der Waals surface area contributed by atoms with Crippen molar-refractivity contribution in [1.82, 2.24) is 14.9 Å². The molecule has 0 radical (unpaired) electrons. The van der Waals surface area contributed by atoms with E-state index in [4.69, 9.17) is 11.6 Å². The van der Waals surface area contributed by atoms with Gasteiger partial charge in [-0.05, 0) is 31.0 Å². The lowest BCUT2D eigenvalue weighted by Gasteiger charge is -2.35. The highest BCUT2D eigenvalue weighted by molar-refractivity contribution is 6.30. The lowest BCUT2D eigenvalue weighted by atomic mass is 10.1. The predicted molar refractivity (Wildman–Crippen MR) is 103 cm³/mol. The molecule has 3 heterocycles. The molecule has 0 N–H and O–H groups in total. The first kappa shape index (κ1) is 18.0. The number of hydrogen-bond acceptors (Lipinski definition) is 5. The fourth-order valence-electron chi connectivity index (χ4n) is 3.60. The summed E-state index contributed by atoms with van der Waals surface area (Å²) in [6.45, 7) is 4.40. The number of carbonyl (C=O) groups is 1. The molecule has 0 bridgehead atoms. The molecule has 27 heavy (non-hydrogen) atoms. The lowest BCUT2D eigenvalue weighted by molar-refractivity contribution is 0.0742. The summed E-state index contributed by atoms with van der Waals surface area (Å²) in [4.78, 5) is 27.5. The van der Waals surface area contributed by atoms with Crippen LogP contribution >= 0.6 is 11.6 Å². The van der Waals surface area contributed by atoms with Gasteiger partial charge in [-0.25, -0.2) is 14.4 Å². The zero-order valence-corrected chi connectivity index (χ0v) is 15.7. The van der Waals surface area contributed by atoms with Crippen molar-refractivity contribution in [2.75, 3.05) is 49.1 Å². The molecule has 0 atom stereocenters. The summed E-state index contributed by atoms with van der Waals surface area (Å²) in [5.74, 6) is 0.946. The standard InChI is InChI=1S/C19H21ClFN5O/c20-14-3-4-15(16(21)11-14)19(27)26-9-7-25(8-10-26)18-12-17(22-13-23-18)24-5-1-2-6-24/h3-4,11-13H,1-2,5-10H2. The average molecular weight is 390 g/mol. The molecule has 1 aromatic heterocycles. The van der Waals surface area contributed by atoms with Gasteiger partial charge in [-0.1, -0.05) is 11.6 Å². The first-order valence-corrected chi connectivity index (χ1v) is 9.56. The summed E-state index contributed by atoms with van der Waals surface area (Å²) >= 11 is 5.77. The number of amides is 1. The molecule has 0 aliphatic carbocycles. The summed E-state index contributed by atoms with van der Waals surface area (Å²) in [6.07, 6.45) is 3.99. The molecule has 0 unspecified atom stereocenters. The number of nitrogens with zero attached hydrogens (tertiary/aromatic N) is 5. The third-order valence-corrected chi connectivity index (χ3v) is 5.36. The Kier molecular flexibility index (Phi) is 5.11. The molecule has 0 spiro atoms. The molecule has 2 aromatic rings. The van der Waals surface area contributed by atoms with Gasteiger partial charge in [0.05, 0.1) is 5.56 Å². The number of aromatic nitrogens is 2. The molecular weight excluding hydrogens is 369 g/mol. The largest absolute Gasteiger partial charge is 0.356 e. The highest BCUT2D eigenvalue weighted by Gasteiger charge is 2.25. The SMILES string of the molecule is O=C(c1ccc(Cl)cc1F)N1CCN(c2cc(N3CCCC3)ncn2)CC1. The summed E-state index contributed by atoms with van der Waals surface area (Å²) in [5, 5.41) is 0.284. The Balaban J connectivity index is 1.41. The van der Waals surface area contributed by atoms with Crippen LogP contribution in [0.15, 0.2) is 30.6 Å².